The molecule has 132 valence electrons. The molecule has 1 fully saturated rings. The maximum Gasteiger partial charge on any atom is 0.251 e. The van der Waals surface area contributed by atoms with Gasteiger partial charge >= 0.3 is 0 Å². The fraction of sp³-hybridized carbons (Fsp3) is 0.556. The van der Waals surface area contributed by atoms with E-state index in [1.165, 1.54) is 50.8 Å². The zero-order chi connectivity index (χ0) is 17.4. The summed E-state index contributed by atoms with van der Waals surface area (Å²) < 4.78 is 19.4. The number of hydrogen-bond acceptors (Lipinski definition) is 3. The Labute approximate surface area is 142 Å². The Balaban J connectivity index is 1.78. The molecule has 0 unspecified atom stereocenters. The first-order valence-corrected chi connectivity index (χ1v) is 8.53. The first kappa shape index (κ1) is 18.4. The second-order valence-corrected chi connectivity index (χ2v) is 6.12. The molecule has 1 aromatic rings. The highest BCUT2D eigenvalue weighted by atomic mass is 19.1. The number of ether oxygens (including phenoxy) is 1. The monoisotopic (exact) mass is 336 g/mol. The van der Waals surface area contributed by atoms with Gasteiger partial charge in [-0.1, -0.05) is 25.7 Å². The molecule has 0 aliphatic heterocycles. The van der Waals surface area contributed by atoms with E-state index in [1.807, 2.05) is 0 Å². The standard InChI is InChI=1S/C18H25FN2O3/c1-13(22)21-17-12-14(8-9-16(17)19)18(23)20-10-11-24-15-6-4-2-3-5-7-15/h8-9,12,15H,2-7,10-11H2,1H3,(H,20,23)(H,21,22). The number of carbonyl (C=O) groups is 2. The lowest BCUT2D eigenvalue weighted by Crippen LogP contribution is -2.29. The second-order valence-electron chi connectivity index (χ2n) is 6.12. The van der Waals surface area contributed by atoms with Crippen molar-refractivity contribution >= 4 is 17.5 Å². The highest BCUT2D eigenvalue weighted by Gasteiger charge is 2.13. The van der Waals surface area contributed by atoms with Crippen molar-refractivity contribution in [3.05, 3.63) is 29.6 Å². The molecular weight excluding hydrogens is 311 g/mol. The normalized spacial score (nSPS) is 15.6. The predicted octanol–water partition coefficient (Wildman–Crippen LogP) is 3.25. The van der Waals surface area contributed by atoms with Crippen LogP contribution in [0.3, 0.4) is 0 Å². The Morgan fingerprint density at radius 1 is 1.21 bits per heavy atom. The summed E-state index contributed by atoms with van der Waals surface area (Å²) in [4.78, 5) is 23.1. The number of amides is 2. The van der Waals surface area contributed by atoms with Crippen molar-refractivity contribution in [2.45, 2.75) is 51.6 Å². The summed E-state index contributed by atoms with van der Waals surface area (Å²) >= 11 is 0. The molecule has 2 amide bonds. The van der Waals surface area contributed by atoms with E-state index in [2.05, 4.69) is 10.6 Å². The molecule has 0 atom stereocenters. The third-order valence-corrected chi connectivity index (χ3v) is 4.08. The summed E-state index contributed by atoms with van der Waals surface area (Å²) in [5, 5.41) is 5.12. The van der Waals surface area contributed by atoms with Gasteiger partial charge in [-0.3, -0.25) is 9.59 Å². The molecule has 6 heteroatoms. The minimum atomic E-state index is -0.571. The number of halogens is 1. The number of benzene rings is 1. The van der Waals surface area contributed by atoms with Crippen LogP contribution in [0.15, 0.2) is 18.2 Å². The average molecular weight is 336 g/mol. The molecule has 5 nitrogen and oxygen atoms in total. The fourth-order valence-electron chi connectivity index (χ4n) is 2.85. The molecule has 2 N–H and O–H groups in total. The number of hydrogen-bond donors (Lipinski definition) is 2. The third-order valence-electron chi connectivity index (χ3n) is 4.08. The Morgan fingerprint density at radius 3 is 2.58 bits per heavy atom. The van der Waals surface area contributed by atoms with Crippen LogP contribution in [0.5, 0.6) is 0 Å². The molecule has 1 aliphatic carbocycles. The Bertz CT molecular complexity index is 569. The maximum atomic E-state index is 13.6. The van der Waals surface area contributed by atoms with Crippen LogP contribution in [0.25, 0.3) is 0 Å². The van der Waals surface area contributed by atoms with Gasteiger partial charge in [-0.2, -0.15) is 0 Å². The lowest BCUT2D eigenvalue weighted by atomic mass is 10.1. The second kappa shape index (κ2) is 9.37. The molecule has 24 heavy (non-hydrogen) atoms. The molecular formula is C18H25FN2O3. The summed E-state index contributed by atoms with van der Waals surface area (Å²) in [5.74, 6) is -1.27. The summed E-state index contributed by atoms with van der Waals surface area (Å²) in [5.41, 5.74) is 0.305. The zero-order valence-electron chi connectivity index (χ0n) is 14.1. The van der Waals surface area contributed by atoms with Gasteiger partial charge in [-0.05, 0) is 31.0 Å². The van der Waals surface area contributed by atoms with Crippen LogP contribution < -0.4 is 10.6 Å². The number of anilines is 1. The van der Waals surface area contributed by atoms with Crippen molar-refractivity contribution in [1.29, 1.82) is 0 Å². The average Bonchev–Trinajstić information content (AvgIpc) is 2.82. The maximum absolute atomic E-state index is 13.6. The van der Waals surface area contributed by atoms with Crippen molar-refractivity contribution in [1.82, 2.24) is 5.32 Å². The van der Waals surface area contributed by atoms with Crippen LogP contribution in [-0.2, 0) is 9.53 Å². The van der Waals surface area contributed by atoms with Crippen LogP contribution in [0.4, 0.5) is 10.1 Å². The molecule has 0 saturated heterocycles. The van der Waals surface area contributed by atoms with Gasteiger partial charge in [0.15, 0.2) is 0 Å². The number of nitrogens with one attached hydrogen (secondary N) is 2. The van der Waals surface area contributed by atoms with E-state index in [0.29, 0.717) is 24.8 Å². The van der Waals surface area contributed by atoms with E-state index in [1.54, 1.807) is 0 Å². The van der Waals surface area contributed by atoms with Crippen LogP contribution >= 0.6 is 0 Å². The lowest BCUT2D eigenvalue weighted by Gasteiger charge is -2.15. The van der Waals surface area contributed by atoms with E-state index < -0.39 is 5.82 Å². The van der Waals surface area contributed by atoms with Crippen molar-refractivity contribution < 1.29 is 18.7 Å². The van der Waals surface area contributed by atoms with Crippen LogP contribution in [0.1, 0.15) is 55.8 Å². The summed E-state index contributed by atoms with van der Waals surface area (Å²) in [6, 6.07) is 3.89. The molecule has 2 rings (SSSR count). The molecule has 1 aliphatic rings. The summed E-state index contributed by atoms with van der Waals surface area (Å²) in [7, 11) is 0. The van der Waals surface area contributed by atoms with Crippen molar-refractivity contribution in [2.24, 2.45) is 0 Å². The Morgan fingerprint density at radius 2 is 1.92 bits per heavy atom. The molecule has 0 heterocycles. The van der Waals surface area contributed by atoms with Gasteiger partial charge in [0.05, 0.1) is 18.4 Å². The first-order chi connectivity index (χ1) is 11.6. The highest BCUT2D eigenvalue weighted by molar-refractivity contribution is 5.96. The van der Waals surface area contributed by atoms with Crippen LogP contribution in [0.2, 0.25) is 0 Å². The quantitative estimate of drug-likeness (QED) is 0.619. The largest absolute Gasteiger partial charge is 0.376 e. The molecule has 1 saturated carbocycles. The van der Waals surface area contributed by atoms with E-state index in [4.69, 9.17) is 4.74 Å². The van der Waals surface area contributed by atoms with Gasteiger partial charge in [0.25, 0.3) is 5.91 Å². The minimum absolute atomic E-state index is 0.00450. The lowest BCUT2D eigenvalue weighted by molar-refractivity contribution is -0.114. The van der Waals surface area contributed by atoms with Gasteiger partial charge in [-0.25, -0.2) is 4.39 Å². The molecule has 0 radical (unpaired) electrons. The highest BCUT2D eigenvalue weighted by Crippen LogP contribution is 2.19. The third kappa shape index (κ3) is 5.92. The first-order valence-electron chi connectivity index (χ1n) is 8.53. The molecule has 0 aromatic heterocycles. The van der Waals surface area contributed by atoms with Gasteiger partial charge in [0, 0.05) is 19.0 Å². The molecule has 0 bridgehead atoms. The number of rotatable bonds is 6. The van der Waals surface area contributed by atoms with E-state index in [0.717, 1.165) is 12.8 Å². The molecule has 0 spiro atoms. The Hall–Kier alpha value is -1.95. The van der Waals surface area contributed by atoms with Crippen molar-refractivity contribution in [3.8, 4) is 0 Å². The van der Waals surface area contributed by atoms with Gasteiger partial charge in [-0.15, -0.1) is 0 Å². The van der Waals surface area contributed by atoms with Crippen molar-refractivity contribution in [2.75, 3.05) is 18.5 Å². The summed E-state index contributed by atoms with van der Waals surface area (Å²) in [6.07, 6.45) is 7.44. The number of carbonyl (C=O) groups excluding carboxylic acids is 2. The van der Waals surface area contributed by atoms with E-state index in [9.17, 15) is 14.0 Å². The minimum Gasteiger partial charge on any atom is -0.376 e. The smallest absolute Gasteiger partial charge is 0.251 e. The van der Waals surface area contributed by atoms with Crippen LogP contribution in [-0.4, -0.2) is 31.1 Å². The van der Waals surface area contributed by atoms with E-state index >= 15 is 0 Å². The molecule has 1 aromatic carbocycles. The van der Waals surface area contributed by atoms with Gasteiger partial charge < -0.3 is 15.4 Å². The van der Waals surface area contributed by atoms with Gasteiger partial charge in [0.2, 0.25) is 5.91 Å². The van der Waals surface area contributed by atoms with Crippen molar-refractivity contribution in [3.63, 3.8) is 0 Å². The fourth-order valence-corrected chi connectivity index (χ4v) is 2.85. The summed E-state index contributed by atoms with van der Waals surface area (Å²) in [6.45, 7) is 2.16. The van der Waals surface area contributed by atoms with Gasteiger partial charge in [0.1, 0.15) is 5.82 Å². The van der Waals surface area contributed by atoms with Crippen LogP contribution in [0, 0.1) is 5.82 Å². The Kier molecular flexibility index (Phi) is 7.18. The topological polar surface area (TPSA) is 67.4 Å². The SMILES string of the molecule is CC(=O)Nc1cc(C(=O)NCCOC2CCCCCC2)ccc1F. The van der Waals surface area contributed by atoms with E-state index in [-0.39, 0.29) is 17.5 Å². The zero-order valence-corrected chi connectivity index (χ0v) is 14.1. The predicted molar refractivity (Wildman–Crippen MR) is 90.5 cm³/mol.